The van der Waals surface area contributed by atoms with Gasteiger partial charge >= 0.3 is 0 Å². The molecule has 1 aromatic heterocycles. The minimum atomic E-state index is -0.298. The third kappa shape index (κ3) is 3.05. The summed E-state index contributed by atoms with van der Waals surface area (Å²) in [7, 11) is 0. The first-order valence-corrected chi connectivity index (χ1v) is 5.81. The molecule has 4 nitrogen and oxygen atoms in total. The van der Waals surface area contributed by atoms with Crippen LogP contribution in [0.5, 0.6) is 0 Å². The predicted molar refractivity (Wildman–Crippen MR) is 70.9 cm³/mol. The number of nitrogens with zero attached hydrogens (tertiary/aromatic N) is 2. The van der Waals surface area contributed by atoms with E-state index in [-0.39, 0.29) is 16.9 Å². The first kappa shape index (κ1) is 12.5. The van der Waals surface area contributed by atoms with Gasteiger partial charge in [-0.3, -0.25) is 4.79 Å². The number of carbonyl (C=O) groups is 1. The van der Waals surface area contributed by atoms with E-state index < -0.39 is 0 Å². The monoisotopic (exact) mass is 261 g/mol. The van der Waals surface area contributed by atoms with Crippen LogP contribution in [-0.2, 0) is 0 Å². The third-order valence-electron chi connectivity index (χ3n) is 2.34. The summed E-state index contributed by atoms with van der Waals surface area (Å²) in [4.78, 5) is 19.8. The summed E-state index contributed by atoms with van der Waals surface area (Å²) in [5.41, 5.74) is 2.72. The number of benzene rings is 1. The standard InChI is InChI=1S/C13H12ClN3O/c1-8-4-3-5-10(6-8)16-12(18)11-7-9(2)15-13(14)17-11/h3-7H,1-2H3,(H,16,18). The summed E-state index contributed by atoms with van der Waals surface area (Å²) in [5.74, 6) is -0.298. The van der Waals surface area contributed by atoms with Gasteiger partial charge in [-0.15, -0.1) is 0 Å². The Balaban J connectivity index is 2.22. The fourth-order valence-corrected chi connectivity index (χ4v) is 1.79. The lowest BCUT2D eigenvalue weighted by molar-refractivity contribution is 0.102. The highest BCUT2D eigenvalue weighted by atomic mass is 35.5. The maximum Gasteiger partial charge on any atom is 0.274 e. The highest BCUT2D eigenvalue weighted by Crippen LogP contribution is 2.12. The van der Waals surface area contributed by atoms with Crippen LogP contribution in [0.4, 0.5) is 5.69 Å². The average molecular weight is 262 g/mol. The number of rotatable bonds is 2. The molecular formula is C13H12ClN3O. The molecule has 0 unspecified atom stereocenters. The number of carbonyl (C=O) groups excluding carboxylic acids is 1. The van der Waals surface area contributed by atoms with Crippen molar-refractivity contribution >= 4 is 23.2 Å². The highest BCUT2D eigenvalue weighted by Gasteiger charge is 2.10. The number of hydrogen-bond donors (Lipinski definition) is 1. The van der Waals surface area contributed by atoms with E-state index in [2.05, 4.69) is 15.3 Å². The van der Waals surface area contributed by atoms with Gasteiger partial charge in [0.25, 0.3) is 5.91 Å². The first-order valence-electron chi connectivity index (χ1n) is 5.44. The molecule has 1 N–H and O–H groups in total. The van der Waals surface area contributed by atoms with Crippen molar-refractivity contribution in [3.8, 4) is 0 Å². The number of nitrogens with one attached hydrogen (secondary N) is 1. The van der Waals surface area contributed by atoms with Gasteiger partial charge in [0.05, 0.1) is 0 Å². The quantitative estimate of drug-likeness (QED) is 0.846. The minimum absolute atomic E-state index is 0.0735. The molecule has 18 heavy (non-hydrogen) atoms. The second kappa shape index (κ2) is 5.14. The van der Waals surface area contributed by atoms with Gasteiger partial charge in [-0.2, -0.15) is 0 Å². The van der Waals surface area contributed by atoms with Crippen LogP contribution in [-0.4, -0.2) is 15.9 Å². The summed E-state index contributed by atoms with van der Waals surface area (Å²) in [6.45, 7) is 3.72. The molecule has 0 radical (unpaired) electrons. The third-order valence-corrected chi connectivity index (χ3v) is 2.50. The van der Waals surface area contributed by atoms with Gasteiger partial charge in [-0.1, -0.05) is 12.1 Å². The van der Waals surface area contributed by atoms with Crippen LogP contribution in [0.25, 0.3) is 0 Å². The van der Waals surface area contributed by atoms with Crippen molar-refractivity contribution in [2.45, 2.75) is 13.8 Å². The summed E-state index contributed by atoms with van der Waals surface area (Å²) in [5, 5.41) is 2.84. The lowest BCUT2D eigenvalue weighted by Crippen LogP contribution is -2.14. The molecule has 0 aliphatic heterocycles. The van der Waals surface area contributed by atoms with Crippen molar-refractivity contribution in [1.29, 1.82) is 0 Å². The minimum Gasteiger partial charge on any atom is -0.321 e. The number of halogens is 1. The Labute approximate surface area is 110 Å². The lowest BCUT2D eigenvalue weighted by atomic mass is 10.2. The van der Waals surface area contributed by atoms with Gasteiger partial charge in [-0.05, 0) is 49.2 Å². The Morgan fingerprint density at radius 2 is 2.00 bits per heavy atom. The summed E-state index contributed by atoms with van der Waals surface area (Å²) >= 11 is 5.72. The van der Waals surface area contributed by atoms with E-state index >= 15 is 0 Å². The largest absolute Gasteiger partial charge is 0.321 e. The molecule has 1 heterocycles. The fraction of sp³-hybridized carbons (Fsp3) is 0.154. The van der Waals surface area contributed by atoms with Gasteiger partial charge in [0.2, 0.25) is 5.28 Å². The molecule has 0 spiro atoms. The van der Waals surface area contributed by atoms with E-state index in [9.17, 15) is 4.79 Å². The van der Waals surface area contributed by atoms with Crippen LogP contribution in [0.1, 0.15) is 21.7 Å². The normalized spacial score (nSPS) is 10.2. The van der Waals surface area contributed by atoms with E-state index in [1.165, 1.54) is 0 Å². The molecule has 0 bridgehead atoms. The van der Waals surface area contributed by atoms with E-state index in [1.54, 1.807) is 13.0 Å². The zero-order chi connectivity index (χ0) is 13.1. The number of amides is 1. The molecular weight excluding hydrogens is 250 g/mol. The number of anilines is 1. The van der Waals surface area contributed by atoms with E-state index in [4.69, 9.17) is 11.6 Å². The van der Waals surface area contributed by atoms with Crippen molar-refractivity contribution < 1.29 is 4.79 Å². The van der Waals surface area contributed by atoms with E-state index in [1.807, 2.05) is 31.2 Å². The maximum atomic E-state index is 12.0. The van der Waals surface area contributed by atoms with Crippen molar-refractivity contribution in [1.82, 2.24) is 9.97 Å². The molecule has 0 saturated carbocycles. The first-order chi connectivity index (χ1) is 8.54. The Kier molecular flexibility index (Phi) is 3.58. The highest BCUT2D eigenvalue weighted by molar-refractivity contribution is 6.28. The molecule has 0 aliphatic carbocycles. The fourth-order valence-electron chi connectivity index (χ4n) is 1.57. The topological polar surface area (TPSA) is 54.9 Å². The van der Waals surface area contributed by atoms with E-state index in [0.29, 0.717) is 5.69 Å². The molecule has 2 aromatic rings. The van der Waals surface area contributed by atoms with Crippen molar-refractivity contribution in [3.63, 3.8) is 0 Å². The Morgan fingerprint density at radius 3 is 2.67 bits per heavy atom. The molecule has 1 amide bonds. The van der Waals surface area contributed by atoms with Gasteiger partial charge in [-0.25, -0.2) is 9.97 Å². The lowest BCUT2D eigenvalue weighted by Gasteiger charge is -2.06. The summed E-state index contributed by atoms with van der Waals surface area (Å²) < 4.78 is 0. The predicted octanol–water partition coefficient (Wildman–Crippen LogP) is 3.00. The Morgan fingerprint density at radius 1 is 1.22 bits per heavy atom. The van der Waals surface area contributed by atoms with Crippen LogP contribution in [0.3, 0.4) is 0 Å². The van der Waals surface area contributed by atoms with Gasteiger partial charge in [0.1, 0.15) is 5.69 Å². The van der Waals surface area contributed by atoms with Crippen molar-refractivity contribution in [2.75, 3.05) is 5.32 Å². The molecule has 92 valence electrons. The van der Waals surface area contributed by atoms with Crippen molar-refractivity contribution in [2.24, 2.45) is 0 Å². The Bertz CT molecular complexity index is 578. The average Bonchev–Trinajstić information content (AvgIpc) is 2.27. The second-order valence-corrected chi connectivity index (χ2v) is 4.33. The zero-order valence-corrected chi connectivity index (χ0v) is 10.8. The van der Waals surface area contributed by atoms with Gasteiger partial charge in [0.15, 0.2) is 0 Å². The van der Waals surface area contributed by atoms with Gasteiger partial charge < -0.3 is 5.32 Å². The second-order valence-electron chi connectivity index (χ2n) is 3.99. The van der Waals surface area contributed by atoms with Crippen LogP contribution < -0.4 is 5.32 Å². The summed E-state index contributed by atoms with van der Waals surface area (Å²) in [6.07, 6.45) is 0. The smallest absolute Gasteiger partial charge is 0.274 e. The zero-order valence-electron chi connectivity index (χ0n) is 10.1. The SMILES string of the molecule is Cc1cccc(NC(=O)c2cc(C)nc(Cl)n2)c1. The molecule has 2 rings (SSSR count). The van der Waals surface area contributed by atoms with Crippen LogP contribution >= 0.6 is 11.6 Å². The van der Waals surface area contributed by atoms with Crippen molar-refractivity contribution in [3.05, 3.63) is 52.6 Å². The molecule has 5 heteroatoms. The molecule has 0 atom stereocenters. The number of hydrogen-bond acceptors (Lipinski definition) is 3. The van der Waals surface area contributed by atoms with Gasteiger partial charge in [0, 0.05) is 11.4 Å². The molecule has 0 fully saturated rings. The maximum absolute atomic E-state index is 12.0. The number of aromatic nitrogens is 2. The van der Waals surface area contributed by atoms with Crippen LogP contribution in [0, 0.1) is 13.8 Å². The van der Waals surface area contributed by atoms with E-state index in [0.717, 1.165) is 11.3 Å². The molecule has 0 aliphatic rings. The summed E-state index contributed by atoms with van der Waals surface area (Å²) in [6, 6.07) is 9.13. The molecule has 0 saturated heterocycles. The molecule has 1 aromatic carbocycles. The van der Waals surface area contributed by atoms with Crippen LogP contribution in [0.2, 0.25) is 5.28 Å². The van der Waals surface area contributed by atoms with Crippen LogP contribution in [0.15, 0.2) is 30.3 Å². The Hall–Kier alpha value is -1.94. The number of aryl methyl sites for hydroxylation is 2.